The molecule has 5 nitrogen and oxygen atoms in total. The molecular weight excluding hydrogens is 288 g/mol. The Morgan fingerprint density at radius 2 is 2.35 bits per heavy atom. The quantitative estimate of drug-likeness (QED) is 0.804. The number of benzene rings is 1. The zero-order chi connectivity index (χ0) is 16.4. The van der Waals surface area contributed by atoms with E-state index < -0.39 is 6.03 Å². The fourth-order valence-electron chi connectivity index (χ4n) is 3.20. The third-order valence-corrected chi connectivity index (χ3v) is 4.75. The van der Waals surface area contributed by atoms with Gasteiger partial charge in [0.15, 0.2) is 0 Å². The summed E-state index contributed by atoms with van der Waals surface area (Å²) in [7, 11) is 0. The Hall–Kier alpha value is -2.43. The molecule has 5 heteroatoms. The van der Waals surface area contributed by atoms with Crippen molar-refractivity contribution < 1.29 is 4.79 Å². The molecule has 3 rings (SSSR count). The van der Waals surface area contributed by atoms with Crippen LogP contribution in [0.15, 0.2) is 36.7 Å². The van der Waals surface area contributed by atoms with E-state index in [0.29, 0.717) is 12.0 Å². The number of amides is 2. The first-order chi connectivity index (χ1) is 11.1. The smallest absolute Gasteiger partial charge is 0.316 e. The molecule has 1 aliphatic heterocycles. The third kappa shape index (κ3) is 3.18. The van der Waals surface area contributed by atoms with E-state index in [1.807, 2.05) is 18.2 Å². The van der Waals surface area contributed by atoms with Crippen molar-refractivity contribution in [1.82, 2.24) is 9.88 Å². The molecule has 1 aliphatic rings. The van der Waals surface area contributed by atoms with E-state index in [9.17, 15) is 4.79 Å². The number of primary amides is 1. The number of H-pyrrole nitrogens is 1. The van der Waals surface area contributed by atoms with Gasteiger partial charge in [0, 0.05) is 41.3 Å². The predicted octanol–water partition coefficient (Wildman–Crippen LogP) is 3.76. The number of carbonyl (C=O) groups is 1. The topological polar surface area (TPSA) is 74.2 Å². The van der Waals surface area contributed by atoms with Gasteiger partial charge in [0.1, 0.15) is 0 Å². The maximum atomic E-state index is 11.0. The van der Waals surface area contributed by atoms with Crippen molar-refractivity contribution in [2.24, 2.45) is 5.73 Å². The van der Waals surface area contributed by atoms with E-state index in [-0.39, 0.29) is 0 Å². The summed E-state index contributed by atoms with van der Waals surface area (Å²) >= 11 is 0. The second-order valence-electron chi connectivity index (χ2n) is 6.23. The number of anilines is 1. The van der Waals surface area contributed by atoms with E-state index in [4.69, 9.17) is 5.73 Å². The minimum Gasteiger partial charge on any atom is -0.375 e. The highest BCUT2D eigenvalue weighted by molar-refractivity contribution is 5.93. The SMILES string of the molecule is CCC(C)N1C=CC(c2c[nH]c3ccc(NC(N)=O)cc23)CC1. The largest absolute Gasteiger partial charge is 0.375 e. The zero-order valence-electron chi connectivity index (χ0n) is 13.7. The molecule has 122 valence electrons. The Labute approximate surface area is 136 Å². The standard InChI is InChI=1S/C18H24N4O/c1-3-12(2)22-8-6-13(7-9-22)16-11-20-17-5-4-14(10-15(16)17)21-18(19)23/h4-6,8,10-13,20H,3,7,9H2,1-2H3,(H3,19,21,23). The number of nitrogens with one attached hydrogen (secondary N) is 2. The molecule has 0 radical (unpaired) electrons. The number of aromatic nitrogens is 1. The zero-order valence-corrected chi connectivity index (χ0v) is 13.7. The molecule has 2 aromatic rings. The Morgan fingerprint density at radius 1 is 1.52 bits per heavy atom. The molecule has 2 atom stereocenters. The van der Waals surface area contributed by atoms with Gasteiger partial charge in [-0.3, -0.25) is 0 Å². The summed E-state index contributed by atoms with van der Waals surface area (Å²) in [5.74, 6) is 0.396. The molecule has 23 heavy (non-hydrogen) atoms. The Kier molecular flexibility index (Phi) is 4.28. The van der Waals surface area contributed by atoms with Gasteiger partial charge in [-0.1, -0.05) is 13.0 Å². The van der Waals surface area contributed by atoms with Crippen molar-refractivity contribution in [3.05, 3.63) is 42.2 Å². The summed E-state index contributed by atoms with van der Waals surface area (Å²) in [5, 5.41) is 3.79. The van der Waals surface area contributed by atoms with Crippen LogP contribution in [-0.4, -0.2) is 28.5 Å². The van der Waals surface area contributed by atoms with Gasteiger partial charge in [-0.25, -0.2) is 4.79 Å². The lowest BCUT2D eigenvalue weighted by Gasteiger charge is -2.32. The molecule has 0 fully saturated rings. The second-order valence-corrected chi connectivity index (χ2v) is 6.23. The molecule has 0 bridgehead atoms. The van der Waals surface area contributed by atoms with Crippen LogP contribution in [0.25, 0.3) is 10.9 Å². The number of allylic oxidation sites excluding steroid dienone is 1. The van der Waals surface area contributed by atoms with Gasteiger partial charge in [0.05, 0.1) is 0 Å². The second kappa shape index (κ2) is 6.36. The summed E-state index contributed by atoms with van der Waals surface area (Å²) in [6, 6.07) is 5.86. The number of aromatic amines is 1. The molecule has 0 saturated heterocycles. The van der Waals surface area contributed by atoms with Crippen LogP contribution in [0.3, 0.4) is 0 Å². The summed E-state index contributed by atoms with van der Waals surface area (Å²) in [6.07, 6.45) is 8.84. The average Bonchev–Trinajstić information content (AvgIpc) is 2.97. The molecule has 4 N–H and O–H groups in total. The first kappa shape index (κ1) is 15.5. The molecule has 1 aromatic carbocycles. The van der Waals surface area contributed by atoms with E-state index >= 15 is 0 Å². The van der Waals surface area contributed by atoms with Crippen molar-refractivity contribution in [2.75, 3.05) is 11.9 Å². The molecule has 2 amide bonds. The number of hydrogen-bond donors (Lipinski definition) is 3. The van der Waals surface area contributed by atoms with Crippen molar-refractivity contribution >= 4 is 22.6 Å². The van der Waals surface area contributed by atoms with E-state index in [0.717, 1.165) is 36.0 Å². The molecule has 0 spiro atoms. The first-order valence-electron chi connectivity index (χ1n) is 8.20. The number of rotatable bonds is 4. The Morgan fingerprint density at radius 3 is 3.00 bits per heavy atom. The van der Waals surface area contributed by atoms with Crippen LogP contribution >= 0.6 is 0 Å². The Balaban J connectivity index is 1.87. The lowest BCUT2D eigenvalue weighted by atomic mass is 9.92. The van der Waals surface area contributed by atoms with Gasteiger partial charge in [-0.05, 0) is 49.7 Å². The van der Waals surface area contributed by atoms with Crippen LogP contribution in [0.5, 0.6) is 0 Å². The van der Waals surface area contributed by atoms with E-state index in [2.05, 4.69) is 47.5 Å². The minimum atomic E-state index is -0.539. The van der Waals surface area contributed by atoms with Crippen molar-refractivity contribution in [2.45, 2.75) is 38.6 Å². The summed E-state index contributed by atoms with van der Waals surface area (Å²) < 4.78 is 0. The molecule has 0 aliphatic carbocycles. The monoisotopic (exact) mass is 312 g/mol. The minimum absolute atomic E-state index is 0.396. The van der Waals surface area contributed by atoms with Gasteiger partial charge in [-0.15, -0.1) is 0 Å². The number of carbonyl (C=O) groups excluding carboxylic acids is 1. The van der Waals surface area contributed by atoms with Crippen molar-refractivity contribution in [1.29, 1.82) is 0 Å². The normalized spacial score (nSPS) is 19.0. The number of hydrogen-bond acceptors (Lipinski definition) is 2. The highest BCUT2D eigenvalue weighted by atomic mass is 16.2. The summed E-state index contributed by atoms with van der Waals surface area (Å²) in [4.78, 5) is 16.8. The maximum Gasteiger partial charge on any atom is 0.316 e. The number of nitrogens with zero attached hydrogens (tertiary/aromatic N) is 1. The number of nitrogens with two attached hydrogens (primary N) is 1. The van der Waals surface area contributed by atoms with Crippen molar-refractivity contribution in [3.63, 3.8) is 0 Å². The van der Waals surface area contributed by atoms with Crippen LogP contribution in [0.4, 0.5) is 10.5 Å². The van der Waals surface area contributed by atoms with Gasteiger partial charge in [0.2, 0.25) is 0 Å². The number of fused-ring (bicyclic) bond motifs is 1. The highest BCUT2D eigenvalue weighted by Crippen LogP contribution is 2.33. The van der Waals surface area contributed by atoms with E-state index in [1.165, 1.54) is 5.56 Å². The van der Waals surface area contributed by atoms with Crippen molar-refractivity contribution in [3.8, 4) is 0 Å². The predicted molar refractivity (Wildman–Crippen MR) is 94.5 cm³/mol. The fraction of sp³-hybridized carbons (Fsp3) is 0.389. The van der Waals surface area contributed by atoms with Gasteiger partial charge < -0.3 is 20.9 Å². The third-order valence-electron chi connectivity index (χ3n) is 4.75. The lowest BCUT2D eigenvalue weighted by molar-refractivity contribution is 0.259. The summed E-state index contributed by atoms with van der Waals surface area (Å²) in [5.41, 5.74) is 8.28. The summed E-state index contributed by atoms with van der Waals surface area (Å²) in [6.45, 7) is 5.55. The molecule has 2 unspecified atom stereocenters. The lowest BCUT2D eigenvalue weighted by Crippen LogP contribution is -2.31. The molecule has 2 heterocycles. The van der Waals surface area contributed by atoms with Crippen LogP contribution < -0.4 is 11.1 Å². The van der Waals surface area contributed by atoms with E-state index in [1.54, 1.807) is 0 Å². The van der Waals surface area contributed by atoms with Crippen LogP contribution in [0.2, 0.25) is 0 Å². The molecule has 1 aromatic heterocycles. The Bertz CT molecular complexity index is 734. The molecular formula is C18H24N4O. The van der Waals surface area contributed by atoms with Crippen LogP contribution in [0, 0.1) is 0 Å². The first-order valence-corrected chi connectivity index (χ1v) is 8.20. The highest BCUT2D eigenvalue weighted by Gasteiger charge is 2.20. The maximum absolute atomic E-state index is 11.0. The molecule has 0 saturated carbocycles. The fourth-order valence-corrected chi connectivity index (χ4v) is 3.20. The number of urea groups is 1. The van der Waals surface area contributed by atoms with Gasteiger partial charge >= 0.3 is 6.03 Å². The van der Waals surface area contributed by atoms with Crippen LogP contribution in [-0.2, 0) is 0 Å². The average molecular weight is 312 g/mol. The van der Waals surface area contributed by atoms with Gasteiger partial charge in [-0.2, -0.15) is 0 Å². The van der Waals surface area contributed by atoms with Gasteiger partial charge in [0.25, 0.3) is 0 Å². The van der Waals surface area contributed by atoms with Crippen LogP contribution in [0.1, 0.15) is 38.2 Å².